The first kappa shape index (κ1) is 12.0. The summed E-state index contributed by atoms with van der Waals surface area (Å²) in [5, 5.41) is 8.71. The van der Waals surface area contributed by atoms with Crippen molar-refractivity contribution in [1.29, 1.82) is 5.26 Å². The molecule has 0 amide bonds. The van der Waals surface area contributed by atoms with Gasteiger partial charge in [-0.15, -0.1) is 0 Å². The van der Waals surface area contributed by atoms with Crippen molar-refractivity contribution in [3.8, 4) is 6.07 Å². The zero-order valence-corrected chi connectivity index (χ0v) is 9.77. The fourth-order valence-corrected chi connectivity index (χ4v) is 1.41. The van der Waals surface area contributed by atoms with Crippen LogP contribution in [0.15, 0.2) is 32.7 Å². The van der Waals surface area contributed by atoms with Gasteiger partial charge in [0.25, 0.3) is 0 Å². The molecule has 0 aliphatic rings. The Balaban J connectivity index is 3.04. The molecule has 0 aliphatic heterocycles. The van der Waals surface area contributed by atoms with Gasteiger partial charge in [-0.2, -0.15) is 10.3 Å². The van der Waals surface area contributed by atoms with Crippen LogP contribution in [-0.4, -0.2) is 11.9 Å². The maximum atomic E-state index is 8.71. The number of nitriles is 1. The maximum absolute atomic E-state index is 8.71. The van der Waals surface area contributed by atoms with Crippen molar-refractivity contribution in [2.24, 2.45) is 27.2 Å². The largest absolute Gasteiger partial charge is 0.370 e. The predicted molar refractivity (Wildman–Crippen MR) is 65.9 cm³/mol. The third-order valence-corrected chi connectivity index (χ3v) is 2.22. The summed E-state index contributed by atoms with van der Waals surface area (Å²) in [6, 6.07) is 6.91. The number of aliphatic imine (C=N–C) groups is 2. The van der Waals surface area contributed by atoms with Crippen molar-refractivity contribution >= 4 is 33.5 Å². The molecule has 1 aromatic carbocycles. The molecule has 0 saturated carbocycles. The van der Waals surface area contributed by atoms with E-state index in [1.807, 2.05) is 6.07 Å². The molecule has 7 heteroatoms. The quantitative estimate of drug-likeness (QED) is 0.512. The number of rotatable bonds is 1. The van der Waals surface area contributed by atoms with E-state index in [1.165, 1.54) is 0 Å². The minimum Gasteiger partial charge on any atom is -0.370 e. The first-order chi connectivity index (χ1) is 7.52. The Labute approximate surface area is 101 Å². The molecule has 1 rings (SSSR count). The number of nitrogens with two attached hydrogens (primary N) is 3. The third-order valence-electron chi connectivity index (χ3n) is 1.56. The second kappa shape index (κ2) is 5.14. The summed E-state index contributed by atoms with van der Waals surface area (Å²) >= 11 is 3.23. The van der Waals surface area contributed by atoms with Crippen LogP contribution in [-0.2, 0) is 0 Å². The van der Waals surface area contributed by atoms with Crippen molar-refractivity contribution in [2.75, 3.05) is 0 Å². The SMILES string of the molecule is N#Cc1ccc(N=C(N)N=C(N)N)cc1Br. The Kier molecular flexibility index (Phi) is 3.85. The van der Waals surface area contributed by atoms with Gasteiger partial charge in [-0.1, -0.05) is 0 Å². The molecule has 82 valence electrons. The lowest BCUT2D eigenvalue weighted by atomic mass is 10.2. The molecular weight excluding hydrogens is 272 g/mol. The van der Waals surface area contributed by atoms with Crippen LogP contribution >= 0.6 is 15.9 Å². The molecule has 0 unspecified atom stereocenters. The average molecular weight is 281 g/mol. The number of benzene rings is 1. The topological polar surface area (TPSA) is 127 Å². The zero-order chi connectivity index (χ0) is 12.1. The van der Waals surface area contributed by atoms with Crippen LogP contribution in [0.3, 0.4) is 0 Å². The number of halogens is 1. The van der Waals surface area contributed by atoms with E-state index in [9.17, 15) is 0 Å². The van der Waals surface area contributed by atoms with Crippen molar-refractivity contribution in [3.05, 3.63) is 28.2 Å². The smallest absolute Gasteiger partial charge is 0.223 e. The summed E-state index contributed by atoms with van der Waals surface area (Å²) < 4.78 is 0.633. The standard InChI is InChI=1S/C9H9BrN6/c10-7-3-6(2-1-5(7)4-11)15-9(14)16-8(12)13/h1-3H,(H6,12,13,14,15,16). The van der Waals surface area contributed by atoms with Crippen LogP contribution in [0.25, 0.3) is 0 Å². The van der Waals surface area contributed by atoms with Gasteiger partial charge in [-0.3, -0.25) is 0 Å². The van der Waals surface area contributed by atoms with E-state index in [4.69, 9.17) is 22.5 Å². The summed E-state index contributed by atoms with van der Waals surface area (Å²) in [6.45, 7) is 0. The van der Waals surface area contributed by atoms with Crippen LogP contribution in [0.4, 0.5) is 5.69 Å². The van der Waals surface area contributed by atoms with Crippen molar-refractivity contribution in [2.45, 2.75) is 0 Å². The van der Waals surface area contributed by atoms with Gasteiger partial charge in [0.15, 0.2) is 5.96 Å². The summed E-state index contributed by atoms with van der Waals surface area (Å²) in [4.78, 5) is 7.51. The molecule has 0 atom stereocenters. The molecule has 0 spiro atoms. The zero-order valence-electron chi connectivity index (χ0n) is 8.18. The van der Waals surface area contributed by atoms with Crippen LogP contribution in [0.2, 0.25) is 0 Å². The van der Waals surface area contributed by atoms with Crippen LogP contribution in [0.1, 0.15) is 5.56 Å². The van der Waals surface area contributed by atoms with E-state index < -0.39 is 0 Å². The van der Waals surface area contributed by atoms with E-state index >= 15 is 0 Å². The molecule has 0 aromatic heterocycles. The fraction of sp³-hybridized carbons (Fsp3) is 0. The first-order valence-corrected chi connectivity index (χ1v) is 4.95. The number of hydrogen-bond donors (Lipinski definition) is 3. The molecule has 0 heterocycles. The van der Waals surface area contributed by atoms with Gasteiger partial charge in [0.2, 0.25) is 5.96 Å². The summed E-state index contributed by atoms with van der Waals surface area (Å²) in [5.41, 5.74) is 16.8. The van der Waals surface area contributed by atoms with Gasteiger partial charge in [-0.05, 0) is 34.1 Å². The van der Waals surface area contributed by atoms with Crippen LogP contribution < -0.4 is 17.2 Å². The number of hydrogen-bond acceptors (Lipinski definition) is 2. The molecule has 1 aromatic rings. The predicted octanol–water partition coefficient (Wildman–Crippen LogP) is 0.540. The molecule has 0 aliphatic carbocycles. The first-order valence-electron chi connectivity index (χ1n) is 4.16. The van der Waals surface area contributed by atoms with Gasteiger partial charge in [0.05, 0.1) is 11.3 Å². The van der Waals surface area contributed by atoms with E-state index in [-0.39, 0.29) is 11.9 Å². The molecule has 6 N–H and O–H groups in total. The van der Waals surface area contributed by atoms with Crippen molar-refractivity contribution in [3.63, 3.8) is 0 Å². The molecule has 0 saturated heterocycles. The van der Waals surface area contributed by atoms with Gasteiger partial charge in [0, 0.05) is 4.47 Å². The third kappa shape index (κ3) is 3.25. The van der Waals surface area contributed by atoms with Crippen molar-refractivity contribution in [1.82, 2.24) is 0 Å². The minimum atomic E-state index is -0.158. The highest BCUT2D eigenvalue weighted by molar-refractivity contribution is 9.10. The monoisotopic (exact) mass is 280 g/mol. The van der Waals surface area contributed by atoms with E-state index in [2.05, 4.69) is 25.9 Å². The van der Waals surface area contributed by atoms with Crippen LogP contribution in [0.5, 0.6) is 0 Å². The molecule has 0 fully saturated rings. The summed E-state index contributed by atoms with van der Waals surface area (Å²) in [5.74, 6) is -0.203. The van der Waals surface area contributed by atoms with Gasteiger partial charge < -0.3 is 17.2 Å². The Morgan fingerprint density at radius 1 is 1.31 bits per heavy atom. The summed E-state index contributed by atoms with van der Waals surface area (Å²) in [6.07, 6.45) is 0. The van der Waals surface area contributed by atoms with Crippen molar-refractivity contribution < 1.29 is 0 Å². The Morgan fingerprint density at radius 2 is 2.00 bits per heavy atom. The number of nitrogens with zero attached hydrogens (tertiary/aromatic N) is 3. The highest BCUT2D eigenvalue weighted by Gasteiger charge is 2.00. The van der Waals surface area contributed by atoms with Crippen LogP contribution in [0, 0.1) is 11.3 Å². The number of guanidine groups is 2. The normalized spacial score (nSPS) is 10.6. The lowest BCUT2D eigenvalue weighted by Crippen LogP contribution is -2.26. The summed E-state index contributed by atoms with van der Waals surface area (Å²) in [7, 11) is 0. The Bertz CT molecular complexity index is 495. The van der Waals surface area contributed by atoms with Gasteiger partial charge in [-0.25, -0.2) is 4.99 Å². The molecule has 6 nitrogen and oxygen atoms in total. The lowest BCUT2D eigenvalue weighted by Gasteiger charge is -1.98. The molecular formula is C9H9BrN6. The lowest BCUT2D eigenvalue weighted by molar-refractivity contribution is 1.37. The van der Waals surface area contributed by atoms with Gasteiger partial charge in [0.1, 0.15) is 6.07 Å². The van der Waals surface area contributed by atoms with E-state index in [0.717, 1.165) is 0 Å². The minimum absolute atomic E-state index is 0.0448. The second-order valence-corrected chi connectivity index (χ2v) is 3.64. The van der Waals surface area contributed by atoms with E-state index in [1.54, 1.807) is 18.2 Å². The maximum Gasteiger partial charge on any atom is 0.223 e. The van der Waals surface area contributed by atoms with Gasteiger partial charge >= 0.3 is 0 Å². The Hall–Kier alpha value is -2.07. The average Bonchev–Trinajstić information content (AvgIpc) is 2.16. The highest BCUT2D eigenvalue weighted by Crippen LogP contribution is 2.22. The Morgan fingerprint density at radius 3 is 2.50 bits per heavy atom. The molecule has 0 bridgehead atoms. The highest BCUT2D eigenvalue weighted by atomic mass is 79.9. The molecule has 0 radical (unpaired) electrons. The molecule has 16 heavy (non-hydrogen) atoms. The fourth-order valence-electron chi connectivity index (χ4n) is 0.954. The van der Waals surface area contributed by atoms with E-state index in [0.29, 0.717) is 15.7 Å². The second-order valence-electron chi connectivity index (χ2n) is 2.78.